The van der Waals surface area contributed by atoms with E-state index >= 15 is 0 Å². The summed E-state index contributed by atoms with van der Waals surface area (Å²) in [6.07, 6.45) is 2.23. The molecule has 1 rings (SSSR count). The van der Waals surface area contributed by atoms with Crippen LogP contribution in [0.3, 0.4) is 0 Å². The lowest BCUT2D eigenvalue weighted by molar-refractivity contribution is 0.317. The van der Waals surface area contributed by atoms with Crippen LogP contribution in [0.25, 0.3) is 0 Å². The summed E-state index contributed by atoms with van der Waals surface area (Å²) in [7, 11) is 0. The molecule has 2 nitrogen and oxygen atoms in total. The highest BCUT2D eigenvalue weighted by Crippen LogP contribution is 2.25. The highest BCUT2D eigenvalue weighted by Gasteiger charge is 2.21. The van der Waals surface area contributed by atoms with Gasteiger partial charge in [0.2, 0.25) is 0 Å². The Labute approximate surface area is 124 Å². The Morgan fingerprint density at radius 3 is 2.15 bits per heavy atom. The Bertz CT molecular complexity index is 358. The van der Waals surface area contributed by atoms with Gasteiger partial charge in [0.15, 0.2) is 0 Å². The van der Waals surface area contributed by atoms with Crippen molar-refractivity contribution < 1.29 is 4.74 Å². The highest BCUT2D eigenvalue weighted by molar-refractivity contribution is 5.30. The third-order valence-electron chi connectivity index (χ3n) is 3.77. The zero-order valence-electron chi connectivity index (χ0n) is 13.8. The third-order valence-corrected chi connectivity index (χ3v) is 3.77. The second-order valence-corrected chi connectivity index (χ2v) is 5.93. The zero-order chi connectivity index (χ0) is 15.0. The average Bonchev–Trinajstić information content (AvgIpc) is 2.45. The van der Waals surface area contributed by atoms with Crippen LogP contribution >= 0.6 is 0 Å². The summed E-state index contributed by atoms with van der Waals surface area (Å²) >= 11 is 0. The molecule has 0 radical (unpaired) electrons. The molecule has 0 aliphatic carbocycles. The zero-order valence-corrected chi connectivity index (χ0v) is 13.8. The Morgan fingerprint density at radius 2 is 1.65 bits per heavy atom. The maximum absolute atomic E-state index is 5.65. The molecule has 20 heavy (non-hydrogen) atoms. The summed E-state index contributed by atoms with van der Waals surface area (Å²) in [6, 6.07) is 9.13. The maximum Gasteiger partial charge on any atom is 0.119 e. The van der Waals surface area contributed by atoms with Gasteiger partial charge in [0.25, 0.3) is 0 Å². The van der Waals surface area contributed by atoms with Gasteiger partial charge in [-0.3, -0.25) is 0 Å². The Hall–Kier alpha value is -1.02. The Balaban J connectivity index is 2.70. The first kappa shape index (κ1) is 17.0. The van der Waals surface area contributed by atoms with Gasteiger partial charge in [-0.05, 0) is 48.9 Å². The van der Waals surface area contributed by atoms with Gasteiger partial charge in [0.1, 0.15) is 5.75 Å². The third kappa shape index (κ3) is 5.16. The number of rotatable bonds is 9. The lowest BCUT2D eigenvalue weighted by atomic mass is 9.86. The van der Waals surface area contributed by atoms with Crippen LogP contribution < -0.4 is 10.1 Å². The molecule has 0 spiro atoms. The summed E-state index contributed by atoms with van der Waals surface area (Å²) in [5, 5.41) is 3.68. The normalized spacial score (nSPS) is 14.3. The standard InChI is InChI=1S/C18H31NO/c1-6-12-19-18(14(3)4)15(5)16-8-10-17(11-9-16)20-13-7-2/h8-11,14-15,18-19H,6-7,12-13H2,1-5H3. The minimum absolute atomic E-state index is 0.516. The second kappa shape index (κ2) is 9.02. The smallest absolute Gasteiger partial charge is 0.119 e. The van der Waals surface area contributed by atoms with Crippen LogP contribution in [-0.2, 0) is 0 Å². The molecule has 0 fully saturated rings. The minimum Gasteiger partial charge on any atom is -0.494 e. The highest BCUT2D eigenvalue weighted by atomic mass is 16.5. The van der Waals surface area contributed by atoms with Gasteiger partial charge in [-0.2, -0.15) is 0 Å². The van der Waals surface area contributed by atoms with Crippen LogP contribution in [0.15, 0.2) is 24.3 Å². The van der Waals surface area contributed by atoms with Crippen LogP contribution in [0.4, 0.5) is 0 Å². The van der Waals surface area contributed by atoms with Crippen molar-refractivity contribution in [3.63, 3.8) is 0 Å². The quantitative estimate of drug-likeness (QED) is 0.712. The maximum atomic E-state index is 5.65. The van der Waals surface area contributed by atoms with Gasteiger partial charge >= 0.3 is 0 Å². The molecule has 2 unspecified atom stereocenters. The van der Waals surface area contributed by atoms with E-state index in [-0.39, 0.29) is 0 Å². The van der Waals surface area contributed by atoms with Gasteiger partial charge in [0.05, 0.1) is 6.61 Å². The van der Waals surface area contributed by atoms with Crippen molar-refractivity contribution in [2.45, 2.75) is 59.4 Å². The van der Waals surface area contributed by atoms with Crippen LogP contribution in [0.5, 0.6) is 5.75 Å². The number of hydrogen-bond acceptors (Lipinski definition) is 2. The monoisotopic (exact) mass is 277 g/mol. The van der Waals surface area contributed by atoms with Crippen molar-refractivity contribution in [2.75, 3.05) is 13.2 Å². The second-order valence-electron chi connectivity index (χ2n) is 5.93. The van der Waals surface area contributed by atoms with Crippen LogP contribution in [-0.4, -0.2) is 19.2 Å². The van der Waals surface area contributed by atoms with E-state index in [0.29, 0.717) is 17.9 Å². The van der Waals surface area contributed by atoms with Gasteiger partial charge in [0, 0.05) is 6.04 Å². The lowest BCUT2D eigenvalue weighted by Gasteiger charge is -2.29. The Kier molecular flexibility index (Phi) is 7.68. The summed E-state index contributed by atoms with van der Waals surface area (Å²) < 4.78 is 5.65. The van der Waals surface area contributed by atoms with Crippen molar-refractivity contribution in [1.82, 2.24) is 5.32 Å². The number of benzene rings is 1. The van der Waals surface area contributed by atoms with Crippen molar-refractivity contribution in [3.05, 3.63) is 29.8 Å². The number of nitrogens with one attached hydrogen (secondary N) is 1. The first-order valence-electron chi connectivity index (χ1n) is 8.06. The summed E-state index contributed by atoms with van der Waals surface area (Å²) in [6.45, 7) is 13.1. The van der Waals surface area contributed by atoms with E-state index in [0.717, 1.165) is 25.3 Å². The van der Waals surface area contributed by atoms with Crippen molar-refractivity contribution in [3.8, 4) is 5.75 Å². The predicted molar refractivity (Wildman–Crippen MR) is 87.6 cm³/mol. The first-order chi connectivity index (χ1) is 9.60. The molecule has 114 valence electrons. The lowest BCUT2D eigenvalue weighted by Crippen LogP contribution is -2.38. The fourth-order valence-corrected chi connectivity index (χ4v) is 2.60. The summed E-state index contributed by atoms with van der Waals surface area (Å²) in [4.78, 5) is 0. The minimum atomic E-state index is 0.516. The molecule has 0 saturated heterocycles. The largest absolute Gasteiger partial charge is 0.494 e. The summed E-state index contributed by atoms with van der Waals surface area (Å²) in [5.74, 6) is 2.12. The van der Waals surface area contributed by atoms with Gasteiger partial charge < -0.3 is 10.1 Å². The molecule has 0 aromatic heterocycles. The molecule has 2 heteroatoms. The van der Waals surface area contributed by atoms with E-state index in [1.54, 1.807) is 0 Å². The number of hydrogen-bond donors (Lipinski definition) is 1. The van der Waals surface area contributed by atoms with E-state index < -0.39 is 0 Å². The molecule has 1 N–H and O–H groups in total. The van der Waals surface area contributed by atoms with Crippen LogP contribution in [0.1, 0.15) is 58.9 Å². The van der Waals surface area contributed by atoms with E-state index in [1.807, 2.05) is 0 Å². The van der Waals surface area contributed by atoms with Gasteiger partial charge in [-0.15, -0.1) is 0 Å². The van der Waals surface area contributed by atoms with Crippen molar-refractivity contribution in [1.29, 1.82) is 0 Å². The predicted octanol–water partition coefficient (Wildman–Crippen LogP) is 4.60. The fraction of sp³-hybridized carbons (Fsp3) is 0.667. The van der Waals surface area contributed by atoms with E-state index in [1.165, 1.54) is 12.0 Å². The molecule has 1 aromatic carbocycles. The van der Waals surface area contributed by atoms with Gasteiger partial charge in [-0.1, -0.05) is 46.8 Å². The van der Waals surface area contributed by atoms with E-state index in [4.69, 9.17) is 4.74 Å². The number of ether oxygens (including phenoxy) is 1. The topological polar surface area (TPSA) is 21.3 Å². The molecule has 0 bridgehead atoms. The molecule has 2 atom stereocenters. The molecule has 0 aliphatic rings. The molecular formula is C18H31NO. The molecule has 0 saturated carbocycles. The Morgan fingerprint density at radius 1 is 1.00 bits per heavy atom. The molecular weight excluding hydrogens is 246 g/mol. The fourth-order valence-electron chi connectivity index (χ4n) is 2.60. The van der Waals surface area contributed by atoms with E-state index in [9.17, 15) is 0 Å². The van der Waals surface area contributed by atoms with E-state index in [2.05, 4.69) is 64.2 Å². The molecule has 0 heterocycles. The first-order valence-corrected chi connectivity index (χ1v) is 8.06. The molecule has 0 aliphatic heterocycles. The van der Waals surface area contributed by atoms with Gasteiger partial charge in [-0.25, -0.2) is 0 Å². The van der Waals surface area contributed by atoms with Crippen LogP contribution in [0.2, 0.25) is 0 Å². The average molecular weight is 277 g/mol. The molecule has 0 amide bonds. The van der Waals surface area contributed by atoms with Crippen LogP contribution in [0, 0.1) is 5.92 Å². The molecule has 1 aromatic rings. The SMILES string of the molecule is CCCNC(C(C)C)C(C)c1ccc(OCCC)cc1. The van der Waals surface area contributed by atoms with Crippen molar-refractivity contribution >= 4 is 0 Å². The summed E-state index contributed by atoms with van der Waals surface area (Å²) in [5.41, 5.74) is 1.39. The van der Waals surface area contributed by atoms with Crippen molar-refractivity contribution in [2.24, 2.45) is 5.92 Å².